The molecule has 0 aromatic heterocycles. The molecule has 0 heteroatoms. The molecule has 0 N–H and O–H groups in total. The zero-order chi connectivity index (χ0) is 10.0. The van der Waals surface area contributed by atoms with E-state index in [0.717, 1.165) is 6.42 Å². The zero-order valence-corrected chi connectivity index (χ0v) is 8.75. The van der Waals surface area contributed by atoms with Crippen LogP contribution >= 0.6 is 0 Å². The molecule has 0 heterocycles. The molecule has 0 amide bonds. The lowest BCUT2D eigenvalue weighted by Gasteiger charge is -2.25. The fraction of sp³-hybridized carbons (Fsp3) is 0.286. The Labute approximate surface area is 86.0 Å². The van der Waals surface area contributed by atoms with Crippen molar-refractivity contribution in [3.8, 4) is 0 Å². The molecule has 71 valence electrons. The van der Waals surface area contributed by atoms with E-state index >= 15 is 0 Å². The van der Waals surface area contributed by atoms with E-state index in [0.29, 0.717) is 0 Å². The van der Waals surface area contributed by atoms with Gasteiger partial charge in [0.1, 0.15) is 0 Å². The molecule has 0 saturated heterocycles. The zero-order valence-electron chi connectivity index (χ0n) is 8.75. The van der Waals surface area contributed by atoms with Gasteiger partial charge in [-0.15, -0.1) is 0 Å². The third kappa shape index (κ3) is 1.52. The molecule has 0 bridgehead atoms. The fourth-order valence-corrected chi connectivity index (χ4v) is 1.84. The number of allylic oxidation sites excluding steroid dienone is 4. The van der Waals surface area contributed by atoms with Crippen LogP contribution in [0.4, 0.5) is 0 Å². The maximum absolute atomic E-state index is 3.40. The molecular weight excluding hydrogens is 168 g/mol. The van der Waals surface area contributed by atoms with Crippen molar-refractivity contribution >= 4 is 0 Å². The maximum atomic E-state index is 3.40. The van der Waals surface area contributed by atoms with Gasteiger partial charge in [0, 0.05) is 5.41 Å². The second-order valence-corrected chi connectivity index (χ2v) is 4.19. The van der Waals surface area contributed by atoms with Gasteiger partial charge in [0.25, 0.3) is 0 Å². The van der Waals surface area contributed by atoms with Gasteiger partial charge in [-0.1, -0.05) is 56.3 Å². The first-order valence-corrected chi connectivity index (χ1v) is 5.04. The molecule has 0 atom stereocenters. The molecule has 0 unspecified atom stereocenters. The highest BCUT2D eigenvalue weighted by molar-refractivity contribution is 5.40. The lowest BCUT2D eigenvalue weighted by molar-refractivity contribution is 0.638. The normalized spacial score (nSPS) is 15.7. The van der Waals surface area contributed by atoms with E-state index in [-0.39, 0.29) is 5.41 Å². The van der Waals surface area contributed by atoms with E-state index in [1.165, 1.54) is 11.1 Å². The smallest absolute Gasteiger partial charge is 0.0149 e. The number of hydrogen-bond donors (Lipinski definition) is 0. The van der Waals surface area contributed by atoms with Gasteiger partial charge in [0.2, 0.25) is 0 Å². The number of rotatable bonds is 2. The highest BCUT2D eigenvalue weighted by Crippen LogP contribution is 2.33. The third-order valence-electron chi connectivity index (χ3n) is 2.86. The SMILES string of the molecule is CC(C)(C1=[C]CC=C1)c1ccccc1. The molecule has 1 aromatic rings. The van der Waals surface area contributed by atoms with Crippen molar-refractivity contribution < 1.29 is 0 Å². The molecule has 1 radical (unpaired) electrons. The Balaban J connectivity index is 2.37. The molecule has 1 aliphatic carbocycles. The Morgan fingerprint density at radius 2 is 1.86 bits per heavy atom. The molecule has 0 fully saturated rings. The molecule has 14 heavy (non-hydrogen) atoms. The number of hydrogen-bond acceptors (Lipinski definition) is 0. The molecule has 1 aliphatic rings. The molecule has 1 aromatic carbocycles. The lowest BCUT2D eigenvalue weighted by Crippen LogP contribution is -2.18. The van der Waals surface area contributed by atoms with Crippen LogP contribution in [0.5, 0.6) is 0 Å². The van der Waals surface area contributed by atoms with Gasteiger partial charge < -0.3 is 0 Å². The summed E-state index contributed by atoms with van der Waals surface area (Å²) in [6.45, 7) is 4.50. The van der Waals surface area contributed by atoms with Crippen LogP contribution in [0.25, 0.3) is 0 Å². The predicted octanol–water partition coefficient (Wildman–Crippen LogP) is 3.65. The van der Waals surface area contributed by atoms with Gasteiger partial charge >= 0.3 is 0 Å². The van der Waals surface area contributed by atoms with Crippen molar-refractivity contribution in [2.24, 2.45) is 0 Å². The van der Waals surface area contributed by atoms with Crippen molar-refractivity contribution in [2.45, 2.75) is 25.7 Å². The predicted molar refractivity (Wildman–Crippen MR) is 60.0 cm³/mol. The van der Waals surface area contributed by atoms with Crippen LogP contribution in [0.15, 0.2) is 48.1 Å². The van der Waals surface area contributed by atoms with E-state index in [1.54, 1.807) is 0 Å². The summed E-state index contributed by atoms with van der Waals surface area (Å²) in [5.41, 5.74) is 2.76. The lowest BCUT2D eigenvalue weighted by atomic mass is 9.78. The Kier molecular flexibility index (Phi) is 2.28. The first-order valence-electron chi connectivity index (χ1n) is 5.04. The average Bonchev–Trinajstić information content (AvgIpc) is 2.72. The second kappa shape index (κ2) is 3.45. The largest absolute Gasteiger partial charge is 0.0798 e. The van der Waals surface area contributed by atoms with Crippen LogP contribution < -0.4 is 0 Å². The van der Waals surface area contributed by atoms with Crippen LogP contribution in [0.1, 0.15) is 25.8 Å². The molecule has 0 nitrogen and oxygen atoms in total. The van der Waals surface area contributed by atoms with Gasteiger partial charge in [-0.3, -0.25) is 0 Å². The highest BCUT2D eigenvalue weighted by atomic mass is 14.3. The topological polar surface area (TPSA) is 0 Å². The Bertz CT molecular complexity index is 366. The maximum Gasteiger partial charge on any atom is 0.0149 e. The molecular formula is C14H15. The summed E-state index contributed by atoms with van der Waals surface area (Å²) in [4.78, 5) is 0. The monoisotopic (exact) mass is 183 g/mol. The molecule has 2 rings (SSSR count). The summed E-state index contributed by atoms with van der Waals surface area (Å²) in [5, 5.41) is 0. The highest BCUT2D eigenvalue weighted by Gasteiger charge is 2.24. The fourth-order valence-electron chi connectivity index (χ4n) is 1.84. The van der Waals surface area contributed by atoms with E-state index in [1.807, 2.05) is 0 Å². The van der Waals surface area contributed by atoms with Gasteiger partial charge in [-0.25, -0.2) is 0 Å². The standard InChI is InChI=1S/C14H15/c1-14(2,13-10-6-7-11-13)12-8-4-3-5-9-12/h3-6,8-10H,7H2,1-2H3. The molecule has 0 saturated carbocycles. The van der Waals surface area contributed by atoms with E-state index in [4.69, 9.17) is 0 Å². The van der Waals surface area contributed by atoms with Crippen molar-refractivity contribution in [1.29, 1.82) is 0 Å². The van der Waals surface area contributed by atoms with Crippen LogP contribution in [0.2, 0.25) is 0 Å². The van der Waals surface area contributed by atoms with Crippen LogP contribution in [0, 0.1) is 6.08 Å². The van der Waals surface area contributed by atoms with Crippen molar-refractivity contribution in [2.75, 3.05) is 0 Å². The van der Waals surface area contributed by atoms with Crippen molar-refractivity contribution in [3.63, 3.8) is 0 Å². The minimum absolute atomic E-state index is 0.0915. The summed E-state index contributed by atoms with van der Waals surface area (Å²) in [6.07, 6.45) is 8.72. The first kappa shape index (κ1) is 9.26. The second-order valence-electron chi connectivity index (χ2n) is 4.19. The van der Waals surface area contributed by atoms with E-state index in [9.17, 15) is 0 Å². The Morgan fingerprint density at radius 3 is 2.43 bits per heavy atom. The van der Waals surface area contributed by atoms with Crippen LogP contribution in [-0.4, -0.2) is 0 Å². The Hall–Kier alpha value is -1.30. The van der Waals surface area contributed by atoms with Gasteiger partial charge in [0.15, 0.2) is 0 Å². The van der Waals surface area contributed by atoms with Gasteiger partial charge in [-0.2, -0.15) is 0 Å². The Morgan fingerprint density at radius 1 is 1.14 bits per heavy atom. The quantitative estimate of drug-likeness (QED) is 0.656. The molecule has 0 aliphatic heterocycles. The minimum Gasteiger partial charge on any atom is -0.0798 e. The minimum atomic E-state index is 0.0915. The van der Waals surface area contributed by atoms with Gasteiger partial charge in [0.05, 0.1) is 0 Å². The number of benzene rings is 1. The molecule has 0 spiro atoms. The third-order valence-corrected chi connectivity index (χ3v) is 2.86. The van der Waals surface area contributed by atoms with Crippen molar-refractivity contribution in [3.05, 3.63) is 59.7 Å². The van der Waals surface area contributed by atoms with Crippen molar-refractivity contribution in [1.82, 2.24) is 0 Å². The summed E-state index contributed by atoms with van der Waals surface area (Å²) in [5.74, 6) is 0. The first-order chi connectivity index (χ1) is 6.71. The van der Waals surface area contributed by atoms with Crippen LogP contribution in [0.3, 0.4) is 0 Å². The summed E-state index contributed by atoms with van der Waals surface area (Å²) in [7, 11) is 0. The summed E-state index contributed by atoms with van der Waals surface area (Å²) < 4.78 is 0. The summed E-state index contributed by atoms with van der Waals surface area (Å²) >= 11 is 0. The van der Waals surface area contributed by atoms with E-state index in [2.05, 4.69) is 62.4 Å². The average molecular weight is 183 g/mol. The summed E-state index contributed by atoms with van der Waals surface area (Å²) in [6, 6.07) is 10.6. The van der Waals surface area contributed by atoms with Crippen LogP contribution in [-0.2, 0) is 5.41 Å². The van der Waals surface area contributed by atoms with E-state index < -0.39 is 0 Å². The van der Waals surface area contributed by atoms with Gasteiger partial charge in [-0.05, 0) is 23.6 Å².